The van der Waals surface area contributed by atoms with Crippen molar-refractivity contribution < 1.29 is 22.3 Å². The summed E-state index contributed by atoms with van der Waals surface area (Å²) in [6.07, 6.45) is 2.01. The second kappa shape index (κ2) is 7.95. The average Bonchev–Trinajstić information content (AvgIpc) is 3.57. The van der Waals surface area contributed by atoms with Gasteiger partial charge in [0.25, 0.3) is 0 Å². The zero-order valence-corrected chi connectivity index (χ0v) is 18.5. The standard InChI is InChI=1S/C24H20F4N6O/c25-17-13-16(24(26,27)28)3-1-15(17)2-4-18-19-20(32-31-18)30-22(34-11-8-29-21(19)34)33-9-5-23(6-10-33)7-12-35-14-23/h1,3,8,11,13H,5-7,9-10,12,14H2,(H,31,32). The number of piperidine rings is 1. The third-order valence-electron chi connectivity index (χ3n) is 6.94. The molecule has 2 saturated heterocycles. The molecule has 3 aromatic heterocycles. The number of nitrogens with zero attached hydrogens (tertiary/aromatic N) is 5. The maximum absolute atomic E-state index is 14.2. The van der Waals surface area contributed by atoms with Crippen molar-refractivity contribution in [2.75, 3.05) is 31.2 Å². The molecule has 7 nitrogen and oxygen atoms in total. The number of H-pyrrole nitrogens is 1. The Kier molecular flexibility index (Phi) is 4.96. The molecule has 4 aromatic rings. The van der Waals surface area contributed by atoms with Crippen LogP contribution in [0.2, 0.25) is 0 Å². The van der Waals surface area contributed by atoms with Gasteiger partial charge in [0.05, 0.1) is 23.1 Å². The van der Waals surface area contributed by atoms with Gasteiger partial charge in [-0.05, 0) is 48.8 Å². The van der Waals surface area contributed by atoms with Crippen LogP contribution < -0.4 is 4.90 Å². The van der Waals surface area contributed by atoms with Crippen molar-refractivity contribution in [1.82, 2.24) is 24.6 Å². The van der Waals surface area contributed by atoms with E-state index in [1.54, 1.807) is 6.20 Å². The number of hydrogen-bond donors (Lipinski definition) is 1. The van der Waals surface area contributed by atoms with E-state index in [-0.39, 0.29) is 16.7 Å². The maximum Gasteiger partial charge on any atom is 0.416 e. The predicted molar refractivity (Wildman–Crippen MR) is 119 cm³/mol. The Balaban J connectivity index is 1.34. The van der Waals surface area contributed by atoms with Gasteiger partial charge < -0.3 is 9.64 Å². The lowest BCUT2D eigenvalue weighted by Crippen LogP contribution is -2.41. The molecule has 0 atom stereocenters. The monoisotopic (exact) mass is 484 g/mol. The quantitative estimate of drug-likeness (QED) is 0.324. The normalized spacial score (nSPS) is 17.9. The third kappa shape index (κ3) is 3.78. The van der Waals surface area contributed by atoms with Gasteiger partial charge in [-0.3, -0.25) is 9.50 Å². The van der Waals surface area contributed by atoms with Gasteiger partial charge in [-0.2, -0.15) is 23.3 Å². The summed E-state index contributed by atoms with van der Waals surface area (Å²) in [4.78, 5) is 11.5. The Hall–Kier alpha value is -3.65. The molecule has 0 unspecified atom stereocenters. The number of imidazole rings is 1. The second-order valence-electron chi connectivity index (χ2n) is 9.06. The van der Waals surface area contributed by atoms with Crippen LogP contribution in [0.5, 0.6) is 0 Å². The minimum atomic E-state index is -4.62. The van der Waals surface area contributed by atoms with Gasteiger partial charge in [-0.15, -0.1) is 0 Å². The van der Waals surface area contributed by atoms with Gasteiger partial charge in [0, 0.05) is 32.1 Å². The summed E-state index contributed by atoms with van der Waals surface area (Å²) < 4.78 is 60.1. The van der Waals surface area contributed by atoms with Crippen molar-refractivity contribution in [3.05, 3.63) is 53.2 Å². The molecular weight excluding hydrogens is 464 g/mol. The van der Waals surface area contributed by atoms with E-state index in [9.17, 15) is 17.6 Å². The fraction of sp³-hybridized carbons (Fsp3) is 0.375. The molecule has 2 aliphatic heterocycles. The van der Waals surface area contributed by atoms with Crippen LogP contribution in [-0.2, 0) is 10.9 Å². The maximum atomic E-state index is 14.2. The molecule has 6 rings (SSSR count). The van der Waals surface area contributed by atoms with Gasteiger partial charge in [0.1, 0.15) is 11.5 Å². The molecule has 1 N–H and O–H groups in total. The molecule has 0 saturated carbocycles. The molecule has 0 bridgehead atoms. The zero-order chi connectivity index (χ0) is 24.2. The Morgan fingerprint density at radius 1 is 1.11 bits per heavy atom. The van der Waals surface area contributed by atoms with E-state index in [1.165, 1.54) is 0 Å². The number of rotatable bonds is 1. The summed E-state index contributed by atoms with van der Waals surface area (Å²) in [6.45, 7) is 3.34. The molecule has 1 spiro atoms. The molecule has 35 heavy (non-hydrogen) atoms. The number of anilines is 1. The van der Waals surface area contributed by atoms with Crippen molar-refractivity contribution in [3.63, 3.8) is 0 Å². The fourth-order valence-electron chi connectivity index (χ4n) is 4.89. The molecule has 2 aliphatic rings. The number of nitrogens with one attached hydrogen (secondary N) is 1. The summed E-state index contributed by atoms with van der Waals surface area (Å²) in [5.41, 5.74) is 0.414. The number of alkyl halides is 3. The molecule has 2 fully saturated rings. The number of hydrogen-bond acceptors (Lipinski definition) is 5. The Labute approximate surface area is 197 Å². The number of benzene rings is 1. The predicted octanol–water partition coefficient (Wildman–Crippen LogP) is 4.17. The van der Waals surface area contributed by atoms with Crippen molar-refractivity contribution >= 4 is 22.6 Å². The SMILES string of the molecule is Fc1cc(C(F)(F)F)ccc1C#Cc1n[nH]c2nc(N3CCC4(CCOC4)CC3)n3ccnc3c12. The number of fused-ring (bicyclic) bond motifs is 3. The highest BCUT2D eigenvalue weighted by Crippen LogP contribution is 2.40. The number of aromatic nitrogens is 5. The van der Waals surface area contributed by atoms with E-state index in [1.807, 2.05) is 10.6 Å². The minimum Gasteiger partial charge on any atom is -0.381 e. The summed E-state index contributed by atoms with van der Waals surface area (Å²) >= 11 is 0. The fourth-order valence-corrected chi connectivity index (χ4v) is 4.89. The van der Waals surface area contributed by atoms with Gasteiger partial charge in [0.2, 0.25) is 5.95 Å². The van der Waals surface area contributed by atoms with Crippen molar-refractivity contribution in [2.24, 2.45) is 5.41 Å². The molecule has 0 amide bonds. The molecule has 0 radical (unpaired) electrons. The van der Waals surface area contributed by atoms with E-state index in [0.717, 1.165) is 63.6 Å². The van der Waals surface area contributed by atoms with Gasteiger partial charge >= 0.3 is 6.18 Å². The first-order valence-corrected chi connectivity index (χ1v) is 11.3. The number of halogens is 4. The van der Waals surface area contributed by atoms with Crippen molar-refractivity contribution in [1.29, 1.82) is 0 Å². The van der Waals surface area contributed by atoms with Crippen LogP contribution in [0, 0.1) is 23.1 Å². The molecule has 5 heterocycles. The first-order chi connectivity index (χ1) is 16.8. The molecule has 0 aliphatic carbocycles. The van der Waals surface area contributed by atoms with Crippen LogP contribution in [-0.4, -0.2) is 50.9 Å². The smallest absolute Gasteiger partial charge is 0.381 e. The molecule has 180 valence electrons. The lowest BCUT2D eigenvalue weighted by molar-refractivity contribution is -0.137. The minimum absolute atomic E-state index is 0.156. The summed E-state index contributed by atoms with van der Waals surface area (Å²) in [5, 5.41) is 7.66. The third-order valence-corrected chi connectivity index (χ3v) is 6.94. The number of ether oxygens (including phenoxy) is 1. The highest BCUT2D eigenvalue weighted by atomic mass is 19.4. The summed E-state index contributed by atoms with van der Waals surface area (Å²) in [5.74, 6) is 5.05. The molecule has 11 heteroatoms. The summed E-state index contributed by atoms with van der Waals surface area (Å²) in [7, 11) is 0. The van der Waals surface area contributed by atoms with Crippen LogP contribution >= 0.6 is 0 Å². The Bertz CT molecular complexity index is 1480. The van der Waals surface area contributed by atoms with Gasteiger partial charge in [-0.1, -0.05) is 5.92 Å². The molecule has 1 aromatic carbocycles. The van der Waals surface area contributed by atoms with Crippen molar-refractivity contribution in [3.8, 4) is 11.8 Å². The first-order valence-electron chi connectivity index (χ1n) is 11.3. The van der Waals surface area contributed by atoms with Crippen LogP contribution in [0.4, 0.5) is 23.5 Å². The van der Waals surface area contributed by atoms with Crippen LogP contribution in [0.25, 0.3) is 16.7 Å². The second-order valence-corrected chi connectivity index (χ2v) is 9.06. The van der Waals surface area contributed by atoms with Crippen molar-refractivity contribution in [2.45, 2.75) is 25.4 Å². The van der Waals surface area contributed by atoms with E-state index in [0.29, 0.717) is 22.7 Å². The van der Waals surface area contributed by atoms with E-state index < -0.39 is 17.6 Å². The highest BCUT2D eigenvalue weighted by molar-refractivity contribution is 5.94. The van der Waals surface area contributed by atoms with Crippen LogP contribution in [0.15, 0.2) is 30.6 Å². The number of aromatic amines is 1. The van der Waals surface area contributed by atoms with E-state index in [2.05, 4.69) is 31.9 Å². The van der Waals surface area contributed by atoms with E-state index >= 15 is 0 Å². The van der Waals surface area contributed by atoms with Crippen LogP contribution in [0.1, 0.15) is 36.1 Å². The van der Waals surface area contributed by atoms with E-state index in [4.69, 9.17) is 9.72 Å². The summed E-state index contributed by atoms with van der Waals surface area (Å²) in [6, 6.07) is 2.25. The average molecular weight is 484 g/mol. The topological polar surface area (TPSA) is 71.3 Å². The Morgan fingerprint density at radius 3 is 2.66 bits per heavy atom. The van der Waals surface area contributed by atoms with Gasteiger partial charge in [-0.25, -0.2) is 9.37 Å². The lowest BCUT2D eigenvalue weighted by Gasteiger charge is -2.38. The highest BCUT2D eigenvalue weighted by Gasteiger charge is 2.39. The lowest BCUT2D eigenvalue weighted by atomic mass is 9.78. The van der Waals surface area contributed by atoms with Crippen LogP contribution in [0.3, 0.4) is 0 Å². The van der Waals surface area contributed by atoms with Gasteiger partial charge in [0.15, 0.2) is 11.3 Å². The largest absolute Gasteiger partial charge is 0.416 e. The molecular formula is C24H20F4N6O. The first kappa shape index (κ1) is 21.9. The zero-order valence-electron chi connectivity index (χ0n) is 18.5. The Morgan fingerprint density at radius 2 is 1.94 bits per heavy atom.